The van der Waals surface area contributed by atoms with Gasteiger partial charge in [0.15, 0.2) is 6.61 Å². The third kappa shape index (κ3) is 5.09. The fraction of sp³-hybridized carbons (Fsp3) is 0.0833. The number of hydrogen-bond donors (Lipinski definition) is 1. The molecule has 0 aliphatic carbocycles. The Kier molecular flexibility index (Phi) is 6.42. The van der Waals surface area contributed by atoms with E-state index >= 15 is 0 Å². The number of halogens is 1. The van der Waals surface area contributed by atoms with Crippen molar-refractivity contribution >= 4 is 44.6 Å². The van der Waals surface area contributed by atoms with Gasteiger partial charge in [0, 0.05) is 10.2 Å². The molecule has 32 heavy (non-hydrogen) atoms. The molecule has 0 radical (unpaired) electrons. The fourth-order valence-electron chi connectivity index (χ4n) is 3.07. The van der Waals surface area contributed by atoms with E-state index in [0.29, 0.717) is 33.7 Å². The predicted octanol–water partition coefficient (Wildman–Crippen LogP) is 4.37. The average molecular weight is 491 g/mol. The van der Waals surface area contributed by atoms with Crippen molar-refractivity contribution in [2.24, 2.45) is 5.10 Å². The maximum atomic E-state index is 12.8. The number of aryl methyl sites for hydroxylation is 1. The standard InChI is InChI=1S/C24H19BrN4O3/c1-16-27-22-11-10-18(25)13-21(22)24(31)29(16)26-14-17-6-5-9-20(12-17)32-15-23(30)28-19-7-3-2-4-8-19/h2-14H,15H2,1H3,(H,28,30). The first-order valence-corrected chi connectivity index (χ1v) is 10.6. The van der Waals surface area contributed by atoms with Crippen LogP contribution in [0.25, 0.3) is 10.9 Å². The second-order valence-corrected chi connectivity index (χ2v) is 7.87. The van der Waals surface area contributed by atoms with Gasteiger partial charge in [0.25, 0.3) is 11.5 Å². The minimum atomic E-state index is -0.258. The van der Waals surface area contributed by atoms with Crippen LogP contribution in [0.15, 0.2) is 87.2 Å². The van der Waals surface area contributed by atoms with Crippen molar-refractivity contribution in [2.45, 2.75) is 6.92 Å². The first-order chi connectivity index (χ1) is 15.5. The number of hydrogen-bond acceptors (Lipinski definition) is 5. The average Bonchev–Trinajstić information content (AvgIpc) is 2.79. The summed E-state index contributed by atoms with van der Waals surface area (Å²) in [6.07, 6.45) is 1.55. The lowest BCUT2D eigenvalue weighted by atomic mass is 10.2. The zero-order chi connectivity index (χ0) is 22.5. The highest BCUT2D eigenvalue weighted by Crippen LogP contribution is 2.16. The number of nitrogens with zero attached hydrogens (tertiary/aromatic N) is 3. The smallest absolute Gasteiger partial charge is 0.282 e. The molecule has 0 bridgehead atoms. The lowest BCUT2D eigenvalue weighted by molar-refractivity contribution is -0.118. The van der Waals surface area contributed by atoms with Crippen molar-refractivity contribution in [1.82, 2.24) is 9.66 Å². The highest BCUT2D eigenvalue weighted by molar-refractivity contribution is 9.10. The Morgan fingerprint density at radius 2 is 1.94 bits per heavy atom. The van der Waals surface area contributed by atoms with E-state index < -0.39 is 0 Å². The minimum Gasteiger partial charge on any atom is -0.484 e. The molecule has 3 aromatic carbocycles. The molecule has 4 aromatic rings. The lowest BCUT2D eigenvalue weighted by Gasteiger charge is -2.08. The predicted molar refractivity (Wildman–Crippen MR) is 128 cm³/mol. The zero-order valence-corrected chi connectivity index (χ0v) is 18.7. The van der Waals surface area contributed by atoms with Crippen LogP contribution in [0.4, 0.5) is 5.69 Å². The minimum absolute atomic E-state index is 0.127. The van der Waals surface area contributed by atoms with E-state index in [1.165, 1.54) is 4.68 Å². The summed E-state index contributed by atoms with van der Waals surface area (Å²) in [4.78, 5) is 29.4. The molecule has 7 nitrogen and oxygen atoms in total. The Bertz CT molecular complexity index is 1370. The first-order valence-electron chi connectivity index (χ1n) is 9.80. The molecule has 0 aliphatic rings. The fourth-order valence-corrected chi connectivity index (χ4v) is 3.43. The van der Waals surface area contributed by atoms with Gasteiger partial charge in [0.2, 0.25) is 0 Å². The molecule has 0 spiro atoms. The first kappa shape index (κ1) is 21.5. The third-order valence-corrected chi connectivity index (χ3v) is 5.07. The zero-order valence-electron chi connectivity index (χ0n) is 17.2. The van der Waals surface area contributed by atoms with Crippen molar-refractivity contribution in [3.63, 3.8) is 0 Å². The number of aromatic nitrogens is 2. The molecule has 0 saturated carbocycles. The summed E-state index contributed by atoms with van der Waals surface area (Å²) in [5.74, 6) is 0.735. The Morgan fingerprint density at radius 1 is 1.12 bits per heavy atom. The van der Waals surface area contributed by atoms with Gasteiger partial charge in [0.05, 0.1) is 17.1 Å². The number of amides is 1. The van der Waals surface area contributed by atoms with Gasteiger partial charge < -0.3 is 10.1 Å². The third-order valence-electron chi connectivity index (χ3n) is 4.58. The van der Waals surface area contributed by atoms with E-state index in [1.54, 1.807) is 55.6 Å². The Hall–Kier alpha value is -3.78. The number of rotatable bonds is 6. The van der Waals surface area contributed by atoms with Gasteiger partial charge in [-0.15, -0.1) is 0 Å². The van der Waals surface area contributed by atoms with Gasteiger partial charge in [-0.1, -0.05) is 46.3 Å². The molecule has 0 unspecified atom stereocenters. The molecule has 1 heterocycles. The maximum Gasteiger partial charge on any atom is 0.282 e. The molecule has 8 heteroatoms. The van der Waals surface area contributed by atoms with Crippen LogP contribution in [-0.4, -0.2) is 28.4 Å². The highest BCUT2D eigenvalue weighted by atomic mass is 79.9. The topological polar surface area (TPSA) is 85.6 Å². The molecule has 0 aliphatic heterocycles. The Labute approximate surface area is 192 Å². The summed E-state index contributed by atoms with van der Waals surface area (Å²) in [5, 5.41) is 7.56. The number of carbonyl (C=O) groups is 1. The SMILES string of the molecule is Cc1nc2ccc(Br)cc2c(=O)n1N=Cc1cccc(OCC(=O)Nc2ccccc2)c1. The van der Waals surface area contributed by atoms with E-state index in [0.717, 1.165) is 4.47 Å². The number of anilines is 1. The maximum absolute atomic E-state index is 12.8. The number of ether oxygens (including phenoxy) is 1. The number of para-hydroxylation sites is 1. The lowest BCUT2D eigenvalue weighted by Crippen LogP contribution is -2.20. The van der Waals surface area contributed by atoms with E-state index in [1.807, 2.05) is 30.3 Å². The molecule has 0 atom stereocenters. The van der Waals surface area contributed by atoms with Gasteiger partial charge in [0.1, 0.15) is 11.6 Å². The van der Waals surface area contributed by atoms with Gasteiger partial charge >= 0.3 is 0 Å². The van der Waals surface area contributed by atoms with E-state index in [-0.39, 0.29) is 18.1 Å². The molecule has 0 fully saturated rings. The van der Waals surface area contributed by atoms with Gasteiger partial charge in [-0.25, -0.2) is 4.98 Å². The monoisotopic (exact) mass is 490 g/mol. The molecule has 1 aromatic heterocycles. The summed E-state index contributed by atoms with van der Waals surface area (Å²) < 4.78 is 7.65. The molecule has 1 amide bonds. The van der Waals surface area contributed by atoms with Crippen LogP contribution in [0.5, 0.6) is 5.75 Å². The Morgan fingerprint density at radius 3 is 2.75 bits per heavy atom. The summed E-state index contributed by atoms with van der Waals surface area (Å²) >= 11 is 3.38. The molecular weight excluding hydrogens is 472 g/mol. The van der Waals surface area contributed by atoms with Crippen LogP contribution in [0.1, 0.15) is 11.4 Å². The second kappa shape index (κ2) is 9.57. The normalized spacial score (nSPS) is 11.1. The summed E-state index contributed by atoms with van der Waals surface area (Å²) in [6, 6.07) is 21.6. The van der Waals surface area contributed by atoms with E-state index in [2.05, 4.69) is 31.3 Å². The van der Waals surface area contributed by atoms with Crippen molar-refractivity contribution in [3.8, 4) is 5.75 Å². The van der Waals surface area contributed by atoms with Crippen molar-refractivity contribution in [3.05, 3.63) is 99.0 Å². The van der Waals surface area contributed by atoms with E-state index in [9.17, 15) is 9.59 Å². The van der Waals surface area contributed by atoms with Crippen molar-refractivity contribution in [1.29, 1.82) is 0 Å². The van der Waals surface area contributed by atoms with Crippen LogP contribution in [0.3, 0.4) is 0 Å². The molecule has 160 valence electrons. The largest absolute Gasteiger partial charge is 0.484 e. The van der Waals surface area contributed by atoms with E-state index in [4.69, 9.17) is 4.74 Å². The van der Waals surface area contributed by atoms with Crippen LogP contribution < -0.4 is 15.6 Å². The van der Waals surface area contributed by atoms with Crippen LogP contribution >= 0.6 is 15.9 Å². The van der Waals surface area contributed by atoms with Crippen molar-refractivity contribution in [2.75, 3.05) is 11.9 Å². The van der Waals surface area contributed by atoms with Crippen LogP contribution in [0, 0.1) is 6.92 Å². The Balaban J connectivity index is 1.48. The molecule has 0 saturated heterocycles. The second-order valence-electron chi connectivity index (χ2n) is 6.96. The van der Waals surface area contributed by atoms with Crippen LogP contribution in [0.2, 0.25) is 0 Å². The summed E-state index contributed by atoms with van der Waals surface area (Å²) in [7, 11) is 0. The molecular formula is C24H19BrN4O3. The molecule has 1 N–H and O–H groups in total. The molecule has 4 rings (SSSR count). The number of fused-ring (bicyclic) bond motifs is 1. The number of carbonyl (C=O) groups excluding carboxylic acids is 1. The van der Waals surface area contributed by atoms with Gasteiger partial charge in [-0.2, -0.15) is 9.78 Å². The summed E-state index contributed by atoms with van der Waals surface area (Å²) in [6.45, 7) is 1.60. The van der Waals surface area contributed by atoms with Crippen LogP contribution in [-0.2, 0) is 4.79 Å². The number of benzene rings is 3. The summed E-state index contributed by atoms with van der Waals surface area (Å²) in [5.41, 5.74) is 1.78. The van der Waals surface area contributed by atoms with Gasteiger partial charge in [-0.05, 0) is 55.0 Å². The quantitative estimate of drug-likeness (QED) is 0.406. The highest BCUT2D eigenvalue weighted by Gasteiger charge is 2.08. The van der Waals surface area contributed by atoms with Gasteiger partial charge in [-0.3, -0.25) is 9.59 Å². The van der Waals surface area contributed by atoms with Crippen molar-refractivity contribution < 1.29 is 9.53 Å². The number of nitrogens with one attached hydrogen (secondary N) is 1.